The number of Topliss-reactive ketones (excluding diaryl/α,β-unsaturated/α-hetero) is 1. The first kappa shape index (κ1) is 17.2. The molecule has 2 heterocycles. The van der Waals surface area contributed by atoms with Gasteiger partial charge in [-0.15, -0.1) is 10.2 Å². The van der Waals surface area contributed by atoms with Crippen LogP contribution in [0, 0.1) is 5.82 Å². The molecule has 0 saturated heterocycles. The summed E-state index contributed by atoms with van der Waals surface area (Å²) in [4.78, 5) is 16.4. The Morgan fingerprint density at radius 1 is 1.14 bits per heavy atom. The number of thioether (sulfide) groups is 1. The molecular weight excluding hydrogens is 377 g/mol. The highest BCUT2D eigenvalue weighted by atomic mass is 32.2. The number of nitrogens with zero attached hydrogens (tertiary/aromatic N) is 2. The van der Waals surface area contributed by atoms with Gasteiger partial charge in [0.25, 0.3) is 5.22 Å². The van der Waals surface area contributed by atoms with Crippen molar-refractivity contribution in [3.63, 3.8) is 0 Å². The Morgan fingerprint density at radius 3 is 2.71 bits per heavy atom. The summed E-state index contributed by atoms with van der Waals surface area (Å²) in [5.41, 5.74) is 2.91. The fraction of sp³-hybridized carbons (Fsp3) is 0.190. The molecule has 0 bridgehead atoms. The van der Waals surface area contributed by atoms with Crippen LogP contribution < -0.4 is 0 Å². The zero-order valence-electron chi connectivity index (χ0n) is 14.8. The number of carbonyl (C=O) groups excluding carboxylic acids is 1. The molecule has 0 atom stereocenters. The van der Waals surface area contributed by atoms with E-state index in [1.807, 2.05) is 24.3 Å². The molecule has 4 aromatic rings. The Morgan fingerprint density at radius 2 is 1.93 bits per heavy atom. The first-order valence-electron chi connectivity index (χ1n) is 9.05. The van der Waals surface area contributed by atoms with Gasteiger partial charge in [-0.2, -0.15) is 0 Å². The van der Waals surface area contributed by atoms with Crippen molar-refractivity contribution in [3.8, 4) is 11.3 Å². The van der Waals surface area contributed by atoms with Crippen LogP contribution in [0.4, 0.5) is 4.39 Å². The maximum absolute atomic E-state index is 13.3. The molecule has 2 aromatic carbocycles. The van der Waals surface area contributed by atoms with Gasteiger partial charge in [0, 0.05) is 16.8 Å². The van der Waals surface area contributed by atoms with Gasteiger partial charge in [0.2, 0.25) is 5.89 Å². The number of hydrogen-bond acceptors (Lipinski definition) is 5. The Kier molecular flexibility index (Phi) is 4.24. The fourth-order valence-corrected chi connectivity index (χ4v) is 3.88. The zero-order chi connectivity index (χ0) is 19.1. The second-order valence-corrected chi connectivity index (χ2v) is 7.75. The number of nitrogens with one attached hydrogen (secondary N) is 1. The van der Waals surface area contributed by atoms with Crippen molar-refractivity contribution in [2.45, 2.75) is 24.0 Å². The van der Waals surface area contributed by atoms with Crippen LogP contribution in [0.1, 0.15) is 35.0 Å². The molecule has 0 radical (unpaired) electrons. The van der Waals surface area contributed by atoms with E-state index in [4.69, 9.17) is 4.42 Å². The van der Waals surface area contributed by atoms with E-state index in [2.05, 4.69) is 15.2 Å². The molecule has 1 aliphatic rings. The van der Waals surface area contributed by atoms with E-state index in [-0.39, 0.29) is 17.4 Å². The molecule has 0 spiro atoms. The van der Waals surface area contributed by atoms with E-state index in [1.165, 1.54) is 23.9 Å². The van der Waals surface area contributed by atoms with Gasteiger partial charge in [0.1, 0.15) is 5.82 Å². The van der Waals surface area contributed by atoms with Gasteiger partial charge in [-0.25, -0.2) is 4.39 Å². The smallest absolute Gasteiger partial charge is 0.277 e. The Bertz CT molecular complexity index is 1160. The average Bonchev–Trinajstić information content (AvgIpc) is 3.33. The highest BCUT2D eigenvalue weighted by molar-refractivity contribution is 7.99. The number of H-pyrrole nitrogens is 1. The Hall–Kier alpha value is -2.93. The minimum absolute atomic E-state index is 0.0482. The summed E-state index contributed by atoms with van der Waals surface area (Å²) in [7, 11) is 0. The molecule has 2 aromatic heterocycles. The van der Waals surface area contributed by atoms with Crippen LogP contribution >= 0.6 is 11.8 Å². The highest BCUT2D eigenvalue weighted by Gasteiger charge is 2.29. The van der Waals surface area contributed by atoms with E-state index >= 15 is 0 Å². The lowest BCUT2D eigenvalue weighted by Gasteiger charge is -2.04. The van der Waals surface area contributed by atoms with Crippen molar-refractivity contribution in [3.05, 3.63) is 65.8 Å². The van der Waals surface area contributed by atoms with E-state index in [0.717, 1.165) is 29.3 Å². The third kappa shape index (κ3) is 3.22. The van der Waals surface area contributed by atoms with Crippen molar-refractivity contribution in [1.82, 2.24) is 15.2 Å². The standard InChI is InChI=1S/C21H16FN3O2S/c22-14-9-7-12(8-10-14)19-18(15-3-1-2-4-16(15)23-19)17(26)11-28-21-25-24-20(27-21)13-5-6-13/h1-4,7-10,13,23H,5-6,11H2. The van der Waals surface area contributed by atoms with E-state index in [1.54, 1.807) is 12.1 Å². The summed E-state index contributed by atoms with van der Waals surface area (Å²) in [6.45, 7) is 0. The second-order valence-electron chi connectivity index (χ2n) is 6.82. The molecule has 7 heteroatoms. The van der Waals surface area contributed by atoms with Gasteiger partial charge in [0.15, 0.2) is 5.78 Å². The molecule has 1 fully saturated rings. The van der Waals surface area contributed by atoms with Gasteiger partial charge < -0.3 is 9.40 Å². The molecule has 0 amide bonds. The number of halogens is 1. The van der Waals surface area contributed by atoms with Crippen LogP contribution in [0.3, 0.4) is 0 Å². The lowest BCUT2D eigenvalue weighted by atomic mass is 10.0. The number of rotatable bonds is 6. The molecule has 1 aliphatic carbocycles. The van der Waals surface area contributed by atoms with Crippen LogP contribution in [-0.2, 0) is 0 Å². The zero-order valence-corrected chi connectivity index (χ0v) is 15.6. The molecule has 1 saturated carbocycles. The lowest BCUT2D eigenvalue weighted by Crippen LogP contribution is -2.03. The quantitative estimate of drug-likeness (QED) is 0.360. The third-order valence-electron chi connectivity index (χ3n) is 4.79. The summed E-state index contributed by atoms with van der Waals surface area (Å²) >= 11 is 1.24. The van der Waals surface area contributed by atoms with Gasteiger partial charge in [-0.05, 0) is 48.7 Å². The largest absolute Gasteiger partial charge is 0.416 e. The number of para-hydroxylation sites is 1. The van der Waals surface area contributed by atoms with Crippen molar-refractivity contribution < 1.29 is 13.6 Å². The number of fused-ring (bicyclic) bond motifs is 1. The normalized spacial score (nSPS) is 13.9. The number of hydrogen-bond donors (Lipinski definition) is 1. The molecule has 1 N–H and O–H groups in total. The monoisotopic (exact) mass is 393 g/mol. The van der Waals surface area contributed by atoms with E-state index < -0.39 is 0 Å². The minimum Gasteiger partial charge on any atom is -0.416 e. The van der Waals surface area contributed by atoms with Crippen LogP contribution in [-0.4, -0.2) is 26.7 Å². The second kappa shape index (κ2) is 6.91. The van der Waals surface area contributed by atoms with Crippen molar-refractivity contribution in [1.29, 1.82) is 0 Å². The summed E-state index contributed by atoms with van der Waals surface area (Å²) in [6.07, 6.45) is 2.17. The SMILES string of the molecule is O=C(CSc1nnc(C2CC2)o1)c1c(-c2ccc(F)cc2)[nH]c2ccccc12. The maximum Gasteiger partial charge on any atom is 0.277 e. The number of carbonyl (C=O) groups is 1. The predicted octanol–water partition coefficient (Wildman–Crippen LogP) is 5.21. The fourth-order valence-electron chi connectivity index (χ4n) is 3.24. The van der Waals surface area contributed by atoms with Crippen molar-refractivity contribution >= 4 is 28.4 Å². The van der Waals surface area contributed by atoms with Gasteiger partial charge in [-0.1, -0.05) is 30.0 Å². The highest BCUT2D eigenvalue weighted by Crippen LogP contribution is 2.40. The van der Waals surface area contributed by atoms with Crippen LogP contribution in [0.15, 0.2) is 58.2 Å². The Labute approximate surface area is 164 Å². The summed E-state index contributed by atoms with van der Waals surface area (Å²) in [6, 6.07) is 13.8. The molecule has 140 valence electrons. The summed E-state index contributed by atoms with van der Waals surface area (Å²) in [5, 5.41) is 9.34. The number of benzene rings is 2. The first-order chi connectivity index (χ1) is 13.7. The predicted molar refractivity (Wildman–Crippen MR) is 105 cm³/mol. The third-order valence-corrected chi connectivity index (χ3v) is 5.61. The van der Waals surface area contributed by atoms with Crippen LogP contribution in [0.5, 0.6) is 0 Å². The van der Waals surface area contributed by atoms with Gasteiger partial charge >= 0.3 is 0 Å². The molecule has 5 rings (SSSR count). The average molecular weight is 393 g/mol. The summed E-state index contributed by atoms with van der Waals surface area (Å²) < 4.78 is 19.0. The van der Waals surface area contributed by atoms with E-state index in [9.17, 15) is 9.18 Å². The van der Waals surface area contributed by atoms with Gasteiger partial charge in [0.05, 0.1) is 17.0 Å². The molecular formula is C21H16FN3O2S. The van der Waals surface area contributed by atoms with E-state index in [0.29, 0.717) is 28.3 Å². The minimum atomic E-state index is -0.314. The number of aromatic amines is 1. The molecule has 5 nitrogen and oxygen atoms in total. The Balaban J connectivity index is 1.46. The van der Waals surface area contributed by atoms with Crippen molar-refractivity contribution in [2.24, 2.45) is 0 Å². The number of aromatic nitrogens is 3. The lowest BCUT2D eigenvalue weighted by molar-refractivity contribution is 0.102. The molecule has 0 unspecified atom stereocenters. The van der Waals surface area contributed by atoms with Gasteiger partial charge in [-0.3, -0.25) is 4.79 Å². The maximum atomic E-state index is 13.3. The van der Waals surface area contributed by atoms with Crippen LogP contribution in [0.25, 0.3) is 22.2 Å². The van der Waals surface area contributed by atoms with Crippen LogP contribution in [0.2, 0.25) is 0 Å². The molecule has 28 heavy (non-hydrogen) atoms. The topological polar surface area (TPSA) is 71.8 Å². The number of ketones is 1. The summed E-state index contributed by atoms with van der Waals surface area (Å²) in [5.74, 6) is 0.868. The van der Waals surface area contributed by atoms with Crippen molar-refractivity contribution in [2.75, 3.05) is 5.75 Å². The molecule has 0 aliphatic heterocycles. The first-order valence-corrected chi connectivity index (χ1v) is 10.0.